The van der Waals surface area contributed by atoms with E-state index in [4.69, 9.17) is 0 Å². The third-order valence-electron chi connectivity index (χ3n) is 3.67. The minimum Gasteiger partial charge on any atom is -0.508 e. The number of rotatable bonds is 4. The zero-order valence-corrected chi connectivity index (χ0v) is 13.8. The Morgan fingerprint density at radius 3 is 2.38 bits per heavy atom. The summed E-state index contributed by atoms with van der Waals surface area (Å²) < 4.78 is 0. The van der Waals surface area contributed by atoms with Crippen LogP contribution < -0.4 is 10.6 Å². The third-order valence-corrected chi connectivity index (χ3v) is 3.67. The first-order valence-corrected chi connectivity index (χ1v) is 7.46. The summed E-state index contributed by atoms with van der Waals surface area (Å²) in [5.41, 5.74) is 4.15. The highest BCUT2D eigenvalue weighted by Gasteiger charge is 2.11. The first kappa shape index (κ1) is 17.1. The van der Waals surface area contributed by atoms with Gasteiger partial charge in [-0.15, -0.1) is 0 Å². The van der Waals surface area contributed by atoms with Gasteiger partial charge in [-0.25, -0.2) is 0 Å². The predicted octanol–water partition coefficient (Wildman–Crippen LogP) is 3.78. The first-order valence-electron chi connectivity index (χ1n) is 7.46. The molecule has 0 atom stereocenters. The van der Waals surface area contributed by atoms with Gasteiger partial charge in [0.15, 0.2) is 0 Å². The van der Waals surface area contributed by atoms with Crippen LogP contribution in [-0.4, -0.2) is 11.0 Å². The van der Waals surface area contributed by atoms with Crippen LogP contribution in [0.2, 0.25) is 0 Å². The normalized spacial score (nSPS) is 10.8. The molecule has 0 radical (unpaired) electrons. The molecule has 2 aromatic rings. The van der Waals surface area contributed by atoms with Crippen LogP contribution in [0.3, 0.4) is 0 Å². The van der Waals surface area contributed by atoms with Crippen molar-refractivity contribution in [1.29, 1.82) is 5.26 Å². The fraction of sp³-hybridized carbons (Fsp3) is 0.158. The van der Waals surface area contributed by atoms with Crippen LogP contribution in [0, 0.1) is 32.1 Å². The maximum absolute atomic E-state index is 12.3. The summed E-state index contributed by atoms with van der Waals surface area (Å²) in [4.78, 5) is 12.3. The van der Waals surface area contributed by atoms with E-state index in [0.29, 0.717) is 11.3 Å². The Kier molecular flexibility index (Phi) is 5.23. The second-order valence-corrected chi connectivity index (χ2v) is 5.53. The first-order chi connectivity index (χ1) is 11.4. The SMILES string of the molecule is Cc1cc(O)ccc1NC(=O)/C(C#N)=C\Nc1c(C)cccc1C. The van der Waals surface area contributed by atoms with Crippen molar-refractivity contribution in [3.8, 4) is 11.8 Å². The predicted molar refractivity (Wildman–Crippen MR) is 94.7 cm³/mol. The summed E-state index contributed by atoms with van der Waals surface area (Å²) in [7, 11) is 0. The Morgan fingerprint density at radius 1 is 1.12 bits per heavy atom. The van der Waals surface area contributed by atoms with Crippen LogP contribution in [0.5, 0.6) is 5.75 Å². The smallest absolute Gasteiger partial charge is 0.267 e. The summed E-state index contributed by atoms with van der Waals surface area (Å²) in [6, 6.07) is 12.4. The van der Waals surface area contributed by atoms with Crippen LogP contribution in [0.15, 0.2) is 48.2 Å². The van der Waals surface area contributed by atoms with Crippen molar-refractivity contribution in [3.05, 3.63) is 64.9 Å². The van der Waals surface area contributed by atoms with E-state index in [0.717, 1.165) is 16.8 Å². The molecule has 0 fully saturated rings. The fourth-order valence-electron chi connectivity index (χ4n) is 2.31. The lowest BCUT2D eigenvalue weighted by Gasteiger charge is -2.11. The summed E-state index contributed by atoms with van der Waals surface area (Å²) in [5.74, 6) is -0.386. The zero-order valence-electron chi connectivity index (χ0n) is 13.8. The number of anilines is 2. The van der Waals surface area contributed by atoms with Crippen LogP contribution in [0.25, 0.3) is 0 Å². The van der Waals surface area contributed by atoms with Gasteiger partial charge in [-0.1, -0.05) is 18.2 Å². The van der Waals surface area contributed by atoms with Gasteiger partial charge in [0, 0.05) is 17.6 Å². The van der Waals surface area contributed by atoms with E-state index in [9.17, 15) is 15.2 Å². The Morgan fingerprint density at radius 2 is 1.79 bits per heavy atom. The van der Waals surface area contributed by atoms with Crippen LogP contribution in [0.4, 0.5) is 11.4 Å². The number of nitriles is 1. The Bertz CT molecular complexity index is 828. The lowest BCUT2D eigenvalue weighted by atomic mass is 10.1. The van der Waals surface area contributed by atoms with E-state index < -0.39 is 5.91 Å². The van der Waals surface area contributed by atoms with Crippen molar-refractivity contribution >= 4 is 17.3 Å². The number of benzene rings is 2. The number of nitrogens with one attached hydrogen (secondary N) is 2. The minimum atomic E-state index is -0.509. The molecule has 0 unspecified atom stereocenters. The van der Waals surface area contributed by atoms with Crippen molar-refractivity contribution in [3.63, 3.8) is 0 Å². The van der Waals surface area contributed by atoms with Gasteiger partial charge in [0.2, 0.25) is 0 Å². The minimum absolute atomic E-state index is 0.0369. The molecule has 0 spiro atoms. The second-order valence-electron chi connectivity index (χ2n) is 5.53. The van der Waals surface area contributed by atoms with E-state index in [2.05, 4.69) is 10.6 Å². The summed E-state index contributed by atoms with van der Waals surface area (Å²) in [6.45, 7) is 5.67. The van der Waals surface area contributed by atoms with Crippen molar-refractivity contribution in [2.45, 2.75) is 20.8 Å². The van der Waals surface area contributed by atoms with Gasteiger partial charge in [-0.2, -0.15) is 5.26 Å². The molecular weight excluding hydrogens is 302 g/mol. The Labute approximate surface area is 141 Å². The highest BCUT2D eigenvalue weighted by molar-refractivity contribution is 6.07. The molecule has 0 aliphatic carbocycles. The molecular formula is C19H19N3O2. The van der Waals surface area contributed by atoms with Crippen molar-refractivity contribution in [1.82, 2.24) is 0 Å². The van der Waals surface area contributed by atoms with E-state index >= 15 is 0 Å². The molecule has 0 aliphatic heterocycles. The molecule has 5 heteroatoms. The highest BCUT2D eigenvalue weighted by atomic mass is 16.3. The molecule has 2 aromatic carbocycles. The quantitative estimate of drug-likeness (QED) is 0.454. The largest absolute Gasteiger partial charge is 0.508 e. The summed E-state index contributed by atoms with van der Waals surface area (Å²) in [6.07, 6.45) is 1.40. The van der Waals surface area contributed by atoms with Crippen molar-refractivity contribution in [2.75, 3.05) is 10.6 Å². The Hall–Kier alpha value is -3.26. The summed E-state index contributed by atoms with van der Waals surface area (Å²) >= 11 is 0. The highest BCUT2D eigenvalue weighted by Crippen LogP contribution is 2.22. The molecule has 0 bridgehead atoms. The van der Waals surface area contributed by atoms with Crippen LogP contribution in [0.1, 0.15) is 16.7 Å². The van der Waals surface area contributed by atoms with Gasteiger partial charge >= 0.3 is 0 Å². The number of nitrogens with zero attached hydrogens (tertiary/aromatic N) is 1. The number of phenolic OH excluding ortho intramolecular Hbond substituents is 1. The molecule has 2 rings (SSSR count). The number of amides is 1. The average Bonchev–Trinajstić information content (AvgIpc) is 2.53. The van der Waals surface area contributed by atoms with Gasteiger partial charge in [0.25, 0.3) is 5.91 Å². The standard InChI is InChI=1S/C19H19N3O2/c1-12-5-4-6-13(2)18(12)21-11-15(10-20)19(24)22-17-8-7-16(23)9-14(17)3/h4-9,11,21,23H,1-3H3,(H,22,24)/b15-11-. The van der Waals surface area contributed by atoms with Crippen molar-refractivity contribution < 1.29 is 9.90 Å². The lowest BCUT2D eigenvalue weighted by Crippen LogP contribution is -2.15. The van der Waals surface area contributed by atoms with E-state index in [-0.39, 0.29) is 11.3 Å². The number of hydrogen-bond acceptors (Lipinski definition) is 4. The molecule has 0 heterocycles. The third kappa shape index (κ3) is 3.93. The molecule has 5 nitrogen and oxygen atoms in total. The average molecular weight is 321 g/mol. The zero-order chi connectivity index (χ0) is 17.7. The van der Waals surface area contributed by atoms with Crippen molar-refractivity contribution in [2.24, 2.45) is 0 Å². The lowest BCUT2D eigenvalue weighted by molar-refractivity contribution is -0.112. The van der Waals surface area contributed by atoms with Gasteiger partial charge in [0.1, 0.15) is 17.4 Å². The van der Waals surface area contributed by atoms with Crippen LogP contribution >= 0.6 is 0 Å². The Balaban J connectivity index is 2.18. The molecule has 1 amide bonds. The van der Waals surface area contributed by atoms with Gasteiger partial charge in [-0.05, 0) is 55.7 Å². The number of carbonyl (C=O) groups is 1. The number of hydrogen-bond donors (Lipinski definition) is 3. The van der Waals surface area contributed by atoms with E-state index in [1.54, 1.807) is 19.1 Å². The molecule has 0 aromatic heterocycles. The van der Waals surface area contributed by atoms with Gasteiger partial charge < -0.3 is 15.7 Å². The fourth-order valence-corrected chi connectivity index (χ4v) is 2.31. The van der Waals surface area contributed by atoms with Gasteiger partial charge in [-0.3, -0.25) is 4.79 Å². The monoisotopic (exact) mass is 321 g/mol. The van der Waals surface area contributed by atoms with E-state index in [1.807, 2.05) is 38.1 Å². The van der Waals surface area contributed by atoms with E-state index in [1.165, 1.54) is 12.3 Å². The molecule has 0 aliphatic rings. The number of carbonyl (C=O) groups excluding carboxylic acids is 1. The van der Waals surface area contributed by atoms with Gasteiger partial charge in [0.05, 0.1) is 0 Å². The number of aryl methyl sites for hydroxylation is 3. The molecule has 3 N–H and O–H groups in total. The van der Waals surface area contributed by atoms with Crippen LogP contribution in [-0.2, 0) is 4.79 Å². The number of phenols is 1. The number of aromatic hydroxyl groups is 1. The summed E-state index contributed by atoms with van der Waals surface area (Å²) in [5, 5.41) is 24.4. The molecule has 24 heavy (non-hydrogen) atoms. The number of para-hydroxylation sites is 1. The molecule has 0 saturated carbocycles. The molecule has 0 saturated heterocycles. The molecule has 122 valence electrons. The second kappa shape index (κ2) is 7.34. The maximum Gasteiger partial charge on any atom is 0.267 e. The maximum atomic E-state index is 12.3. The topological polar surface area (TPSA) is 85.2 Å².